The lowest BCUT2D eigenvalue weighted by Gasteiger charge is -2.36. The van der Waals surface area contributed by atoms with Gasteiger partial charge in [-0.05, 0) is 46.4 Å². The quantitative estimate of drug-likeness (QED) is 0.662. The van der Waals surface area contributed by atoms with Gasteiger partial charge in [-0.2, -0.15) is 0 Å². The summed E-state index contributed by atoms with van der Waals surface area (Å²) in [6.45, 7) is 3.46. The molecule has 3 N–H and O–H groups in total. The Hall–Kier alpha value is -0.160. The fourth-order valence-electron chi connectivity index (χ4n) is 2.21. The van der Waals surface area contributed by atoms with Crippen molar-refractivity contribution in [2.24, 2.45) is 5.73 Å². The molecule has 1 aliphatic rings. The minimum Gasteiger partial charge on any atom is -0.396 e. The molecule has 1 atom stereocenters. The molecule has 1 heterocycles. The third-order valence-corrected chi connectivity index (χ3v) is 3.33. The molecule has 0 aliphatic carbocycles. The molecule has 1 unspecified atom stereocenters. The number of likely N-dealkylation sites (tertiary alicyclic amines) is 1. The Labute approximate surface area is 93.0 Å². The Balaban J connectivity index is 2.24. The zero-order chi connectivity index (χ0) is 11.3. The van der Waals surface area contributed by atoms with Crippen LogP contribution in [0.2, 0.25) is 0 Å². The molecule has 0 saturated carbocycles. The number of hydrogen-bond donors (Lipinski definition) is 2. The molecule has 1 aliphatic heterocycles. The highest BCUT2D eigenvalue weighted by Crippen LogP contribution is 2.14. The standard InChI is InChI=1S/C11H25N3O/c1-13-6-3-11(4-7-13)14(2)9-10(12)5-8-15/h10-11,15H,3-9,12H2,1-2H3. The van der Waals surface area contributed by atoms with Gasteiger partial charge in [-0.25, -0.2) is 0 Å². The van der Waals surface area contributed by atoms with Crippen molar-refractivity contribution in [3.63, 3.8) is 0 Å². The van der Waals surface area contributed by atoms with E-state index in [4.69, 9.17) is 10.8 Å². The predicted molar refractivity (Wildman–Crippen MR) is 62.8 cm³/mol. The molecule has 15 heavy (non-hydrogen) atoms. The Morgan fingerprint density at radius 2 is 2.07 bits per heavy atom. The van der Waals surface area contributed by atoms with Crippen LogP contribution in [0.4, 0.5) is 0 Å². The van der Waals surface area contributed by atoms with E-state index in [9.17, 15) is 0 Å². The fraction of sp³-hybridized carbons (Fsp3) is 1.00. The molecule has 4 heteroatoms. The minimum absolute atomic E-state index is 0.111. The Morgan fingerprint density at radius 3 is 2.60 bits per heavy atom. The molecule has 1 saturated heterocycles. The lowest BCUT2D eigenvalue weighted by atomic mass is 10.0. The molecular weight excluding hydrogens is 190 g/mol. The number of nitrogens with two attached hydrogens (primary N) is 1. The summed E-state index contributed by atoms with van der Waals surface area (Å²) in [5, 5.41) is 8.79. The molecule has 0 amide bonds. The summed E-state index contributed by atoms with van der Waals surface area (Å²) in [7, 11) is 4.32. The van der Waals surface area contributed by atoms with Crippen LogP contribution in [0.15, 0.2) is 0 Å². The number of hydrogen-bond acceptors (Lipinski definition) is 4. The fourth-order valence-corrected chi connectivity index (χ4v) is 2.21. The van der Waals surface area contributed by atoms with Gasteiger partial charge in [-0.15, -0.1) is 0 Å². The normalized spacial score (nSPS) is 22.2. The van der Waals surface area contributed by atoms with Crippen molar-refractivity contribution in [3.8, 4) is 0 Å². The maximum absolute atomic E-state index is 8.79. The molecule has 90 valence electrons. The van der Waals surface area contributed by atoms with Crippen LogP contribution in [0.5, 0.6) is 0 Å². The summed E-state index contributed by atoms with van der Waals surface area (Å²) in [5.41, 5.74) is 5.91. The van der Waals surface area contributed by atoms with Crippen LogP contribution in [-0.2, 0) is 0 Å². The van der Waals surface area contributed by atoms with Gasteiger partial charge in [0.05, 0.1) is 0 Å². The molecule has 1 rings (SSSR count). The molecule has 4 nitrogen and oxygen atoms in total. The largest absolute Gasteiger partial charge is 0.396 e. The highest BCUT2D eigenvalue weighted by atomic mass is 16.3. The van der Waals surface area contributed by atoms with Gasteiger partial charge < -0.3 is 20.6 Å². The summed E-state index contributed by atoms with van der Waals surface area (Å²) in [6.07, 6.45) is 3.18. The van der Waals surface area contributed by atoms with Crippen LogP contribution in [0, 0.1) is 0 Å². The summed E-state index contributed by atoms with van der Waals surface area (Å²) in [5.74, 6) is 0. The first-order valence-electron chi connectivity index (χ1n) is 5.88. The number of aliphatic hydroxyl groups is 1. The van der Waals surface area contributed by atoms with Gasteiger partial charge in [0, 0.05) is 25.2 Å². The zero-order valence-electron chi connectivity index (χ0n) is 10.0. The summed E-state index contributed by atoms with van der Waals surface area (Å²) < 4.78 is 0. The number of rotatable bonds is 5. The second kappa shape index (κ2) is 6.43. The average molecular weight is 215 g/mol. The molecule has 0 bridgehead atoms. The zero-order valence-corrected chi connectivity index (χ0v) is 10.0. The van der Waals surface area contributed by atoms with Crippen LogP contribution in [0.1, 0.15) is 19.3 Å². The van der Waals surface area contributed by atoms with E-state index in [0.29, 0.717) is 12.5 Å². The molecule has 1 fully saturated rings. The van der Waals surface area contributed by atoms with Crippen molar-refractivity contribution in [2.75, 3.05) is 40.3 Å². The van der Waals surface area contributed by atoms with E-state index in [1.165, 1.54) is 25.9 Å². The third-order valence-electron chi connectivity index (χ3n) is 3.33. The summed E-state index contributed by atoms with van der Waals surface area (Å²) >= 11 is 0. The highest BCUT2D eigenvalue weighted by Gasteiger charge is 2.21. The van der Waals surface area contributed by atoms with Crippen molar-refractivity contribution in [1.82, 2.24) is 9.80 Å². The Bertz CT molecular complexity index is 169. The van der Waals surface area contributed by atoms with Gasteiger partial charge >= 0.3 is 0 Å². The van der Waals surface area contributed by atoms with Crippen molar-refractivity contribution >= 4 is 0 Å². The van der Waals surface area contributed by atoms with Gasteiger partial charge in [0.15, 0.2) is 0 Å². The van der Waals surface area contributed by atoms with Gasteiger partial charge in [-0.1, -0.05) is 0 Å². The van der Waals surface area contributed by atoms with Crippen LogP contribution in [0.3, 0.4) is 0 Å². The van der Waals surface area contributed by atoms with Crippen molar-refractivity contribution in [1.29, 1.82) is 0 Å². The molecule has 0 aromatic heterocycles. The van der Waals surface area contributed by atoms with Crippen molar-refractivity contribution in [2.45, 2.75) is 31.3 Å². The monoisotopic (exact) mass is 215 g/mol. The van der Waals surface area contributed by atoms with Gasteiger partial charge in [0.2, 0.25) is 0 Å². The topological polar surface area (TPSA) is 52.7 Å². The first kappa shape index (κ1) is 12.9. The molecule has 0 aromatic carbocycles. The minimum atomic E-state index is 0.111. The second-order valence-corrected chi connectivity index (χ2v) is 4.75. The number of nitrogens with zero attached hydrogens (tertiary/aromatic N) is 2. The summed E-state index contributed by atoms with van der Waals surface area (Å²) in [4.78, 5) is 4.73. The number of aliphatic hydroxyl groups excluding tert-OH is 1. The van der Waals surface area contributed by atoms with Crippen LogP contribution in [-0.4, -0.2) is 67.3 Å². The lowest BCUT2D eigenvalue weighted by molar-refractivity contribution is 0.134. The van der Waals surface area contributed by atoms with Crippen molar-refractivity contribution in [3.05, 3.63) is 0 Å². The first-order chi connectivity index (χ1) is 7.13. The molecule has 0 spiro atoms. The second-order valence-electron chi connectivity index (χ2n) is 4.75. The van der Waals surface area contributed by atoms with E-state index in [1.807, 2.05) is 0 Å². The SMILES string of the molecule is CN1CCC(N(C)CC(N)CCO)CC1. The van der Waals surface area contributed by atoms with Gasteiger partial charge in [-0.3, -0.25) is 0 Å². The maximum Gasteiger partial charge on any atom is 0.0446 e. The van der Waals surface area contributed by atoms with Crippen LogP contribution in [0.25, 0.3) is 0 Å². The highest BCUT2D eigenvalue weighted by molar-refractivity contribution is 4.78. The third kappa shape index (κ3) is 4.47. The smallest absolute Gasteiger partial charge is 0.0446 e. The Morgan fingerprint density at radius 1 is 1.47 bits per heavy atom. The molecular formula is C11H25N3O. The predicted octanol–water partition coefficient (Wildman–Crippen LogP) is -0.278. The maximum atomic E-state index is 8.79. The van der Waals surface area contributed by atoms with Crippen LogP contribution >= 0.6 is 0 Å². The first-order valence-corrected chi connectivity index (χ1v) is 5.88. The molecule has 0 aromatic rings. The lowest BCUT2D eigenvalue weighted by Crippen LogP contribution is -2.46. The van der Waals surface area contributed by atoms with E-state index in [-0.39, 0.29) is 12.6 Å². The van der Waals surface area contributed by atoms with E-state index >= 15 is 0 Å². The van der Waals surface area contributed by atoms with E-state index in [0.717, 1.165) is 6.54 Å². The van der Waals surface area contributed by atoms with Crippen molar-refractivity contribution < 1.29 is 5.11 Å². The average Bonchev–Trinajstić information content (AvgIpc) is 2.18. The Kier molecular flexibility index (Phi) is 5.53. The van der Waals surface area contributed by atoms with E-state index < -0.39 is 0 Å². The van der Waals surface area contributed by atoms with Crippen LogP contribution < -0.4 is 5.73 Å². The van der Waals surface area contributed by atoms with E-state index in [1.54, 1.807) is 0 Å². The number of piperidine rings is 1. The summed E-state index contributed by atoms with van der Waals surface area (Å²) in [6, 6.07) is 0.783. The van der Waals surface area contributed by atoms with Gasteiger partial charge in [0.1, 0.15) is 0 Å². The molecule has 0 radical (unpaired) electrons. The van der Waals surface area contributed by atoms with E-state index in [2.05, 4.69) is 23.9 Å². The number of likely N-dealkylation sites (N-methyl/N-ethyl adjacent to an activating group) is 1. The van der Waals surface area contributed by atoms with Gasteiger partial charge in [0.25, 0.3) is 0 Å².